The Bertz CT molecular complexity index is 432. The summed E-state index contributed by atoms with van der Waals surface area (Å²) in [4.78, 5) is 14.9. The maximum atomic E-state index is 12.3. The van der Waals surface area contributed by atoms with Gasteiger partial charge in [-0.1, -0.05) is 36.8 Å². The van der Waals surface area contributed by atoms with Crippen LogP contribution in [0.1, 0.15) is 52.0 Å². The first kappa shape index (κ1) is 15.2. The highest BCUT2D eigenvalue weighted by atomic mass is 16.1. The van der Waals surface area contributed by atoms with E-state index >= 15 is 0 Å². The molecular weight excluding hydrogens is 246 g/mol. The average Bonchev–Trinajstić information content (AvgIpc) is 2.39. The number of carbonyl (C=O) groups excluding carboxylic acids is 1. The molecule has 0 saturated carbocycles. The third-order valence-electron chi connectivity index (χ3n) is 4.20. The second-order valence-electron chi connectivity index (χ2n) is 6.92. The Morgan fingerprint density at radius 3 is 2.55 bits per heavy atom. The molecule has 1 saturated heterocycles. The summed E-state index contributed by atoms with van der Waals surface area (Å²) in [5.74, 6) is 0.373. The van der Waals surface area contributed by atoms with Crippen LogP contribution in [0.4, 0.5) is 0 Å². The summed E-state index contributed by atoms with van der Waals surface area (Å²) in [5, 5.41) is 0. The number of ketones is 1. The standard InChI is InChI=1S/C18H27NO/c1-18(2,3)19-12-8-7-11-16(19)14-17(20)13-15-9-5-4-6-10-15/h4-6,9-10,16H,7-8,11-14H2,1-3H3. The lowest BCUT2D eigenvalue weighted by atomic mass is 9.90. The van der Waals surface area contributed by atoms with Crippen molar-refractivity contribution < 1.29 is 4.79 Å². The van der Waals surface area contributed by atoms with E-state index < -0.39 is 0 Å². The van der Waals surface area contributed by atoms with Gasteiger partial charge < -0.3 is 0 Å². The van der Waals surface area contributed by atoms with Gasteiger partial charge in [0.25, 0.3) is 0 Å². The zero-order chi connectivity index (χ0) is 14.6. The number of carbonyl (C=O) groups is 1. The first-order chi connectivity index (χ1) is 9.47. The molecule has 0 aromatic heterocycles. The molecule has 1 aromatic carbocycles. The predicted octanol–water partition coefficient (Wildman–Crippen LogP) is 3.84. The number of Topliss-reactive ketones (excluding diaryl/α,β-unsaturated/α-hetero) is 1. The first-order valence-electron chi connectivity index (χ1n) is 7.79. The maximum absolute atomic E-state index is 12.3. The normalized spacial score (nSPS) is 20.9. The number of piperidine rings is 1. The van der Waals surface area contributed by atoms with Crippen molar-refractivity contribution in [2.75, 3.05) is 6.54 Å². The minimum Gasteiger partial charge on any atom is -0.299 e. The second-order valence-corrected chi connectivity index (χ2v) is 6.92. The molecule has 2 heteroatoms. The molecule has 1 atom stereocenters. The van der Waals surface area contributed by atoms with Crippen molar-refractivity contribution in [2.45, 2.75) is 64.5 Å². The number of benzene rings is 1. The predicted molar refractivity (Wildman–Crippen MR) is 83.9 cm³/mol. The van der Waals surface area contributed by atoms with E-state index in [0.29, 0.717) is 24.7 Å². The highest BCUT2D eigenvalue weighted by Gasteiger charge is 2.31. The number of hydrogen-bond donors (Lipinski definition) is 0. The average molecular weight is 273 g/mol. The monoisotopic (exact) mass is 273 g/mol. The lowest BCUT2D eigenvalue weighted by molar-refractivity contribution is -0.120. The third-order valence-corrected chi connectivity index (χ3v) is 4.20. The van der Waals surface area contributed by atoms with Gasteiger partial charge in [0.05, 0.1) is 0 Å². The lowest BCUT2D eigenvalue weighted by Gasteiger charge is -2.44. The van der Waals surface area contributed by atoms with Crippen molar-refractivity contribution in [3.63, 3.8) is 0 Å². The van der Waals surface area contributed by atoms with Crippen molar-refractivity contribution in [2.24, 2.45) is 0 Å². The van der Waals surface area contributed by atoms with Crippen molar-refractivity contribution in [3.05, 3.63) is 35.9 Å². The Kier molecular flexibility index (Phi) is 4.98. The van der Waals surface area contributed by atoms with Crippen LogP contribution in [0.3, 0.4) is 0 Å². The number of nitrogens with zero attached hydrogens (tertiary/aromatic N) is 1. The van der Waals surface area contributed by atoms with Crippen LogP contribution in [0.15, 0.2) is 30.3 Å². The molecule has 2 rings (SSSR count). The van der Waals surface area contributed by atoms with Gasteiger partial charge in [-0.25, -0.2) is 0 Å². The van der Waals surface area contributed by atoms with Gasteiger partial charge in [0.15, 0.2) is 0 Å². The van der Waals surface area contributed by atoms with E-state index in [1.807, 2.05) is 30.3 Å². The molecule has 1 fully saturated rings. The summed E-state index contributed by atoms with van der Waals surface area (Å²) in [7, 11) is 0. The van der Waals surface area contributed by atoms with Crippen LogP contribution in [0.5, 0.6) is 0 Å². The zero-order valence-electron chi connectivity index (χ0n) is 13.1. The largest absolute Gasteiger partial charge is 0.299 e. The summed E-state index contributed by atoms with van der Waals surface area (Å²) in [6.45, 7) is 7.90. The highest BCUT2D eigenvalue weighted by Crippen LogP contribution is 2.27. The second kappa shape index (κ2) is 6.53. The Morgan fingerprint density at radius 1 is 1.20 bits per heavy atom. The first-order valence-corrected chi connectivity index (χ1v) is 7.79. The molecule has 1 aliphatic heterocycles. The molecule has 0 amide bonds. The Balaban J connectivity index is 1.95. The van der Waals surface area contributed by atoms with E-state index in [2.05, 4.69) is 25.7 Å². The molecule has 20 heavy (non-hydrogen) atoms. The maximum Gasteiger partial charge on any atom is 0.138 e. The molecule has 1 unspecified atom stereocenters. The molecule has 0 spiro atoms. The van der Waals surface area contributed by atoms with Crippen LogP contribution in [0.2, 0.25) is 0 Å². The quantitative estimate of drug-likeness (QED) is 0.830. The Labute approximate surface area is 123 Å². The molecule has 0 N–H and O–H groups in total. The molecule has 0 radical (unpaired) electrons. The van der Waals surface area contributed by atoms with E-state index in [-0.39, 0.29) is 5.54 Å². The molecule has 0 bridgehead atoms. The van der Waals surface area contributed by atoms with Gasteiger partial charge in [-0.15, -0.1) is 0 Å². The number of hydrogen-bond acceptors (Lipinski definition) is 2. The van der Waals surface area contributed by atoms with Gasteiger partial charge in [-0.3, -0.25) is 9.69 Å². The minimum absolute atomic E-state index is 0.165. The highest BCUT2D eigenvalue weighted by molar-refractivity contribution is 5.81. The van der Waals surface area contributed by atoms with Crippen molar-refractivity contribution in [1.82, 2.24) is 4.90 Å². The molecule has 1 aromatic rings. The number of likely N-dealkylation sites (tertiary alicyclic amines) is 1. The molecule has 2 nitrogen and oxygen atoms in total. The van der Waals surface area contributed by atoms with Gasteiger partial charge in [0, 0.05) is 24.4 Å². The fourth-order valence-corrected chi connectivity index (χ4v) is 3.25. The molecule has 1 heterocycles. The summed E-state index contributed by atoms with van der Waals surface area (Å²) in [5.41, 5.74) is 1.30. The summed E-state index contributed by atoms with van der Waals surface area (Å²) >= 11 is 0. The number of rotatable bonds is 4. The van der Waals surface area contributed by atoms with Crippen LogP contribution in [0.25, 0.3) is 0 Å². The Morgan fingerprint density at radius 2 is 1.90 bits per heavy atom. The fourth-order valence-electron chi connectivity index (χ4n) is 3.25. The van der Waals surface area contributed by atoms with Gasteiger partial charge >= 0.3 is 0 Å². The van der Waals surface area contributed by atoms with Crippen LogP contribution in [-0.2, 0) is 11.2 Å². The van der Waals surface area contributed by atoms with E-state index in [1.165, 1.54) is 12.8 Å². The van der Waals surface area contributed by atoms with E-state index in [1.54, 1.807) is 0 Å². The van der Waals surface area contributed by atoms with Gasteiger partial charge in [-0.2, -0.15) is 0 Å². The van der Waals surface area contributed by atoms with Crippen molar-refractivity contribution in [3.8, 4) is 0 Å². The lowest BCUT2D eigenvalue weighted by Crippen LogP contribution is -2.51. The minimum atomic E-state index is 0.165. The van der Waals surface area contributed by atoms with Gasteiger partial charge in [-0.05, 0) is 45.7 Å². The molecule has 0 aliphatic carbocycles. The van der Waals surface area contributed by atoms with Crippen LogP contribution in [-0.4, -0.2) is 28.8 Å². The van der Waals surface area contributed by atoms with Gasteiger partial charge in [0.2, 0.25) is 0 Å². The summed E-state index contributed by atoms with van der Waals surface area (Å²) < 4.78 is 0. The van der Waals surface area contributed by atoms with Crippen LogP contribution in [0, 0.1) is 0 Å². The van der Waals surface area contributed by atoms with Gasteiger partial charge in [0.1, 0.15) is 5.78 Å². The van der Waals surface area contributed by atoms with Crippen molar-refractivity contribution >= 4 is 5.78 Å². The summed E-state index contributed by atoms with van der Waals surface area (Å²) in [6.07, 6.45) is 4.97. The third kappa shape index (κ3) is 4.17. The Hall–Kier alpha value is -1.15. The fraction of sp³-hybridized carbons (Fsp3) is 0.611. The van der Waals surface area contributed by atoms with E-state index in [0.717, 1.165) is 18.5 Å². The zero-order valence-corrected chi connectivity index (χ0v) is 13.1. The molecular formula is C18H27NO. The van der Waals surface area contributed by atoms with E-state index in [4.69, 9.17) is 0 Å². The van der Waals surface area contributed by atoms with Crippen molar-refractivity contribution in [1.29, 1.82) is 0 Å². The van der Waals surface area contributed by atoms with E-state index in [9.17, 15) is 4.79 Å². The molecule has 110 valence electrons. The summed E-state index contributed by atoms with van der Waals surface area (Å²) in [6, 6.07) is 10.5. The SMILES string of the molecule is CC(C)(C)N1CCCCC1CC(=O)Cc1ccccc1. The smallest absolute Gasteiger partial charge is 0.138 e. The topological polar surface area (TPSA) is 20.3 Å². The van der Waals surface area contributed by atoms with Crippen LogP contribution >= 0.6 is 0 Å². The molecule has 1 aliphatic rings. The van der Waals surface area contributed by atoms with Crippen LogP contribution < -0.4 is 0 Å².